The molecule has 1 spiro atoms. The summed E-state index contributed by atoms with van der Waals surface area (Å²) >= 11 is 6.52. The van der Waals surface area contributed by atoms with E-state index in [0.717, 1.165) is 50.4 Å². The van der Waals surface area contributed by atoms with E-state index in [1.807, 2.05) is 6.20 Å². The Bertz CT molecular complexity index is 959. The largest absolute Gasteiger partial charge is 0.460 e. The second-order valence-corrected chi connectivity index (χ2v) is 9.13. The van der Waals surface area contributed by atoms with Crippen LogP contribution in [0.25, 0.3) is 11.4 Å². The average molecular weight is 447 g/mol. The Labute approximate surface area is 186 Å². The van der Waals surface area contributed by atoms with Gasteiger partial charge in [-0.1, -0.05) is 11.6 Å². The average Bonchev–Trinajstić information content (AvgIpc) is 3.35. The molecule has 31 heavy (non-hydrogen) atoms. The number of imidazole rings is 1. The topological polar surface area (TPSA) is 94.4 Å². The van der Waals surface area contributed by atoms with Gasteiger partial charge in [0.15, 0.2) is 0 Å². The lowest BCUT2D eigenvalue weighted by Crippen LogP contribution is -2.43. The fraction of sp³-hybridized carbons (Fsp3) is 0.619. The van der Waals surface area contributed by atoms with Crippen LogP contribution in [0, 0.1) is 0 Å². The van der Waals surface area contributed by atoms with Crippen molar-refractivity contribution in [3.63, 3.8) is 0 Å². The summed E-state index contributed by atoms with van der Waals surface area (Å²) in [6, 6.07) is -0.119. The first kappa shape index (κ1) is 20.7. The molecule has 2 fully saturated rings. The van der Waals surface area contributed by atoms with Gasteiger partial charge in [0.25, 0.3) is 6.47 Å². The van der Waals surface area contributed by atoms with Crippen LogP contribution in [0.5, 0.6) is 0 Å². The normalized spacial score (nSPS) is 25.4. The van der Waals surface area contributed by atoms with Gasteiger partial charge in [-0.25, -0.2) is 15.0 Å². The summed E-state index contributed by atoms with van der Waals surface area (Å²) in [6.45, 7) is 4.51. The molecule has 2 atom stereocenters. The molecule has 0 saturated carbocycles. The van der Waals surface area contributed by atoms with Crippen molar-refractivity contribution in [3.8, 4) is 11.4 Å². The standard InChI is InChI=1S/C21H27ClN6O3/c1-27-6-3-21(4-7-27)5-8-28-16(11-23-19(21)28)18-14(22)10-24-20(26-18)25-15-2-9-30-12-17(15)31-13-29/h10-11,13,15,17H,2-9,12H2,1H3,(H,24,25,26)/t15-,17-/m1/s1. The molecule has 0 aliphatic carbocycles. The van der Waals surface area contributed by atoms with E-state index in [9.17, 15) is 4.79 Å². The van der Waals surface area contributed by atoms with E-state index >= 15 is 0 Å². The third kappa shape index (κ3) is 3.79. The second kappa shape index (κ2) is 8.37. The van der Waals surface area contributed by atoms with Crippen LogP contribution in [-0.2, 0) is 26.2 Å². The van der Waals surface area contributed by atoms with Crippen LogP contribution in [-0.4, -0.2) is 76.4 Å². The predicted octanol–water partition coefficient (Wildman–Crippen LogP) is 2.10. The van der Waals surface area contributed by atoms with Crippen LogP contribution >= 0.6 is 11.6 Å². The number of aromatic nitrogens is 4. The van der Waals surface area contributed by atoms with Crippen molar-refractivity contribution < 1.29 is 14.3 Å². The minimum absolute atomic E-state index is 0.119. The summed E-state index contributed by atoms with van der Waals surface area (Å²) in [5.41, 5.74) is 1.75. The van der Waals surface area contributed by atoms with Crippen molar-refractivity contribution in [3.05, 3.63) is 23.2 Å². The Morgan fingerprint density at radius 3 is 2.87 bits per heavy atom. The van der Waals surface area contributed by atoms with Crippen molar-refractivity contribution in [1.29, 1.82) is 0 Å². The molecule has 2 aromatic heterocycles. The molecular weight excluding hydrogens is 420 g/mol. The van der Waals surface area contributed by atoms with Gasteiger partial charge in [-0.05, 0) is 45.8 Å². The number of rotatable bonds is 5. The lowest BCUT2D eigenvalue weighted by atomic mass is 9.77. The van der Waals surface area contributed by atoms with Gasteiger partial charge in [-0.15, -0.1) is 0 Å². The number of nitrogens with one attached hydrogen (secondary N) is 1. The Morgan fingerprint density at radius 2 is 2.06 bits per heavy atom. The summed E-state index contributed by atoms with van der Waals surface area (Å²) < 4.78 is 12.8. The number of carbonyl (C=O) groups is 1. The SMILES string of the molecule is CN1CCC2(CC1)CCn1c(-c3nc(N[C@@H]4CCOC[C@H]4OC=O)ncc3Cl)cnc12. The summed E-state index contributed by atoms with van der Waals surface area (Å²) in [5, 5.41) is 3.79. The Morgan fingerprint density at radius 1 is 1.26 bits per heavy atom. The third-order valence-corrected chi connectivity index (χ3v) is 7.20. The molecule has 1 N–H and O–H groups in total. The molecule has 0 bridgehead atoms. The molecule has 3 aliphatic rings. The van der Waals surface area contributed by atoms with Gasteiger partial charge >= 0.3 is 0 Å². The number of hydrogen-bond acceptors (Lipinski definition) is 8. The molecule has 3 aliphatic heterocycles. The smallest absolute Gasteiger partial charge is 0.293 e. The molecule has 5 heterocycles. The highest BCUT2D eigenvalue weighted by Crippen LogP contribution is 2.44. The summed E-state index contributed by atoms with van der Waals surface area (Å²) in [6.07, 6.45) is 7.19. The van der Waals surface area contributed by atoms with E-state index in [-0.39, 0.29) is 17.6 Å². The lowest BCUT2D eigenvalue weighted by Gasteiger charge is -2.36. The number of halogens is 1. The minimum Gasteiger partial charge on any atom is -0.460 e. The Kier molecular flexibility index (Phi) is 5.58. The monoisotopic (exact) mass is 446 g/mol. The highest BCUT2D eigenvalue weighted by Gasteiger charge is 2.43. The third-order valence-electron chi connectivity index (χ3n) is 6.92. The molecule has 0 amide bonds. The zero-order valence-electron chi connectivity index (χ0n) is 17.6. The van der Waals surface area contributed by atoms with Gasteiger partial charge < -0.3 is 24.3 Å². The van der Waals surface area contributed by atoms with E-state index in [4.69, 9.17) is 31.0 Å². The second-order valence-electron chi connectivity index (χ2n) is 8.73. The van der Waals surface area contributed by atoms with Crippen molar-refractivity contribution in [2.24, 2.45) is 0 Å². The van der Waals surface area contributed by atoms with E-state index in [2.05, 4.69) is 26.8 Å². The lowest BCUT2D eigenvalue weighted by molar-refractivity contribution is -0.140. The van der Waals surface area contributed by atoms with Gasteiger partial charge in [-0.2, -0.15) is 0 Å². The number of ether oxygens (including phenoxy) is 2. The Balaban J connectivity index is 1.41. The number of likely N-dealkylation sites (tertiary alicyclic amines) is 1. The molecule has 0 radical (unpaired) electrons. The maximum atomic E-state index is 10.8. The van der Waals surface area contributed by atoms with E-state index in [1.54, 1.807) is 6.20 Å². The fourth-order valence-electron chi connectivity index (χ4n) is 5.04. The number of piperidine rings is 1. The molecule has 10 heteroatoms. The van der Waals surface area contributed by atoms with Crippen molar-refractivity contribution in [2.45, 2.75) is 49.8 Å². The van der Waals surface area contributed by atoms with E-state index in [0.29, 0.717) is 42.8 Å². The predicted molar refractivity (Wildman–Crippen MR) is 115 cm³/mol. The Hall–Kier alpha value is -2.23. The fourth-order valence-corrected chi connectivity index (χ4v) is 5.22. The van der Waals surface area contributed by atoms with Crippen LogP contribution in [0.1, 0.15) is 31.5 Å². The minimum atomic E-state index is -0.377. The molecule has 166 valence electrons. The highest BCUT2D eigenvalue weighted by molar-refractivity contribution is 6.32. The van der Waals surface area contributed by atoms with Crippen LogP contribution < -0.4 is 5.32 Å². The van der Waals surface area contributed by atoms with Crippen LogP contribution in [0.3, 0.4) is 0 Å². The summed E-state index contributed by atoms with van der Waals surface area (Å²) in [4.78, 5) is 27.1. The van der Waals surface area contributed by atoms with Crippen LogP contribution in [0.2, 0.25) is 5.02 Å². The van der Waals surface area contributed by atoms with Crippen LogP contribution in [0.15, 0.2) is 12.4 Å². The van der Waals surface area contributed by atoms with Crippen molar-refractivity contribution >= 4 is 24.0 Å². The molecule has 0 unspecified atom stereocenters. The number of hydrogen-bond donors (Lipinski definition) is 1. The quantitative estimate of drug-likeness (QED) is 0.698. The van der Waals surface area contributed by atoms with E-state index < -0.39 is 0 Å². The number of anilines is 1. The van der Waals surface area contributed by atoms with Crippen LogP contribution in [0.4, 0.5) is 5.95 Å². The zero-order chi connectivity index (χ0) is 21.4. The summed E-state index contributed by atoms with van der Waals surface area (Å²) in [7, 11) is 2.18. The maximum Gasteiger partial charge on any atom is 0.293 e. The number of carbonyl (C=O) groups excluding carboxylic acids is 1. The molecule has 2 aromatic rings. The molecule has 0 aromatic carbocycles. The van der Waals surface area contributed by atoms with Gasteiger partial charge in [-0.3, -0.25) is 4.79 Å². The molecular formula is C21H27ClN6O3. The highest BCUT2D eigenvalue weighted by atomic mass is 35.5. The van der Waals surface area contributed by atoms with Crippen molar-refractivity contribution in [2.75, 3.05) is 38.7 Å². The molecule has 2 saturated heterocycles. The first-order valence-corrected chi connectivity index (χ1v) is 11.2. The number of nitrogens with zero attached hydrogens (tertiary/aromatic N) is 5. The maximum absolute atomic E-state index is 10.8. The van der Waals surface area contributed by atoms with Gasteiger partial charge in [0.05, 0.1) is 35.8 Å². The first-order valence-electron chi connectivity index (χ1n) is 10.8. The number of fused-ring (bicyclic) bond motifs is 2. The molecule has 9 nitrogen and oxygen atoms in total. The van der Waals surface area contributed by atoms with Gasteiger partial charge in [0.2, 0.25) is 5.95 Å². The van der Waals surface area contributed by atoms with Gasteiger partial charge in [0, 0.05) is 18.6 Å². The molecule has 5 rings (SSSR count). The first-order chi connectivity index (χ1) is 15.1. The zero-order valence-corrected chi connectivity index (χ0v) is 18.3. The van der Waals surface area contributed by atoms with Gasteiger partial charge in [0.1, 0.15) is 17.6 Å². The summed E-state index contributed by atoms with van der Waals surface area (Å²) in [5.74, 6) is 1.61. The van der Waals surface area contributed by atoms with E-state index in [1.165, 1.54) is 0 Å². The van der Waals surface area contributed by atoms with Crippen molar-refractivity contribution in [1.82, 2.24) is 24.4 Å².